The Morgan fingerprint density at radius 3 is 2.96 bits per heavy atom. The summed E-state index contributed by atoms with van der Waals surface area (Å²) < 4.78 is 7.43. The lowest BCUT2D eigenvalue weighted by Crippen LogP contribution is -2.32. The number of halogens is 1. The van der Waals surface area contributed by atoms with Gasteiger partial charge in [0.15, 0.2) is 0 Å². The van der Waals surface area contributed by atoms with E-state index in [4.69, 9.17) is 16.0 Å². The van der Waals surface area contributed by atoms with Crippen molar-refractivity contribution >= 4 is 28.5 Å². The van der Waals surface area contributed by atoms with Crippen LogP contribution in [0, 0.1) is 0 Å². The monoisotopic (exact) mass is 331 g/mol. The van der Waals surface area contributed by atoms with Crippen LogP contribution in [-0.4, -0.2) is 26.5 Å². The molecule has 0 saturated carbocycles. The number of aryl methyl sites for hydroxylation is 1. The number of carbonyl (C=O) groups excluding carboxylic acids is 1. The summed E-state index contributed by atoms with van der Waals surface area (Å²) in [7, 11) is 0. The fourth-order valence-corrected chi connectivity index (χ4v) is 2.85. The molecule has 1 aromatic carbocycles. The van der Waals surface area contributed by atoms with Gasteiger partial charge in [-0.15, -0.1) is 11.6 Å². The Kier molecular flexibility index (Phi) is 4.67. The molecule has 0 unspecified atom stereocenters. The van der Waals surface area contributed by atoms with Crippen LogP contribution in [0.4, 0.5) is 0 Å². The Morgan fingerprint density at radius 2 is 2.17 bits per heavy atom. The minimum atomic E-state index is -0.112. The molecule has 0 N–H and O–H groups in total. The van der Waals surface area contributed by atoms with E-state index < -0.39 is 0 Å². The summed E-state index contributed by atoms with van der Waals surface area (Å²) in [6, 6.07) is 9.76. The second-order valence-electron chi connectivity index (χ2n) is 5.28. The molecule has 3 rings (SSSR count). The maximum absolute atomic E-state index is 12.3. The zero-order chi connectivity index (χ0) is 16.2. The van der Waals surface area contributed by atoms with Gasteiger partial charge in [-0.2, -0.15) is 5.10 Å². The average molecular weight is 332 g/mol. The third kappa shape index (κ3) is 3.24. The summed E-state index contributed by atoms with van der Waals surface area (Å²) in [6.45, 7) is 3.70. The lowest BCUT2D eigenvalue weighted by atomic mass is 10.1. The molecule has 0 saturated heterocycles. The summed E-state index contributed by atoms with van der Waals surface area (Å²) in [5, 5.41) is 5.28. The minimum Gasteiger partial charge on any atom is -0.464 e. The molecule has 0 aliphatic carbocycles. The second-order valence-corrected chi connectivity index (χ2v) is 5.55. The van der Waals surface area contributed by atoms with Gasteiger partial charge >= 0.3 is 0 Å². The van der Waals surface area contributed by atoms with E-state index in [0.29, 0.717) is 13.1 Å². The summed E-state index contributed by atoms with van der Waals surface area (Å²) in [5.41, 5.74) is 2.76. The first-order valence-electron chi connectivity index (χ1n) is 7.52. The van der Waals surface area contributed by atoms with Gasteiger partial charge in [-0.3, -0.25) is 9.48 Å². The number of alkyl halides is 1. The highest BCUT2D eigenvalue weighted by molar-refractivity contribution is 6.27. The Bertz CT molecular complexity index is 809. The van der Waals surface area contributed by atoms with Crippen LogP contribution in [0.15, 0.2) is 47.2 Å². The maximum Gasteiger partial charge on any atom is 0.238 e. The maximum atomic E-state index is 12.3. The van der Waals surface area contributed by atoms with E-state index in [1.807, 2.05) is 41.9 Å². The first kappa shape index (κ1) is 15.6. The number of aromatic nitrogens is 2. The van der Waals surface area contributed by atoms with Gasteiger partial charge in [0.25, 0.3) is 0 Å². The number of rotatable bonds is 6. The quantitative estimate of drug-likeness (QED) is 0.650. The number of hydrogen-bond donors (Lipinski definition) is 0. The van der Waals surface area contributed by atoms with Crippen molar-refractivity contribution in [1.82, 2.24) is 14.7 Å². The van der Waals surface area contributed by atoms with E-state index >= 15 is 0 Å². The molecule has 0 aliphatic rings. The molecule has 0 radical (unpaired) electrons. The van der Waals surface area contributed by atoms with Crippen molar-refractivity contribution in [3.63, 3.8) is 0 Å². The van der Waals surface area contributed by atoms with Crippen molar-refractivity contribution in [3.8, 4) is 0 Å². The summed E-state index contributed by atoms with van der Waals surface area (Å²) in [5.74, 6) is -0.159. The van der Waals surface area contributed by atoms with Gasteiger partial charge in [0.1, 0.15) is 11.5 Å². The van der Waals surface area contributed by atoms with Gasteiger partial charge in [0, 0.05) is 30.2 Å². The smallest absolute Gasteiger partial charge is 0.238 e. The predicted octanol–water partition coefficient (Wildman–Crippen LogP) is 3.42. The predicted molar refractivity (Wildman–Crippen MR) is 89.1 cm³/mol. The topological polar surface area (TPSA) is 51.3 Å². The summed E-state index contributed by atoms with van der Waals surface area (Å²) in [6.07, 6.45) is 3.41. The largest absolute Gasteiger partial charge is 0.464 e. The Morgan fingerprint density at radius 1 is 1.30 bits per heavy atom. The summed E-state index contributed by atoms with van der Waals surface area (Å²) >= 11 is 5.79. The van der Waals surface area contributed by atoms with E-state index in [9.17, 15) is 4.79 Å². The van der Waals surface area contributed by atoms with Crippen molar-refractivity contribution in [2.75, 3.05) is 5.88 Å². The Hall–Kier alpha value is -2.27. The van der Waals surface area contributed by atoms with Crippen molar-refractivity contribution in [3.05, 3.63) is 54.0 Å². The highest BCUT2D eigenvalue weighted by atomic mass is 35.5. The molecular formula is C17H18ClN3O2. The SMILES string of the molecule is CCn1nccc1CN(Cc1cccc2ccoc12)C(=O)CCl. The third-order valence-electron chi connectivity index (χ3n) is 3.85. The molecule has 5 nitrogen and oxygen atoms in total. The van der Waals surface area contributed by atoms with Crippen molar-refractivity contribution in [2.24, 2.45) is 0 Å². The second kappa shape index (κ2) is 6.87. The molecule has 2 aromatic heterocycles. The zero-order valence-electron chi connectivity index (χ0n) is 12.9. The molecule has 0 atom stereocenters. The number of hydrogen-bond acceptors (Lipinski definition) is 3. The molecule has 0 bridgehead atoms. The molecule has 120 valence electrons. The van der Waals surface area contributed by atoms with Crippen LogP contribution in [-0.2, 0) is 24.4 Å². The van der Waals surface area contributed by atoms with Gasteiger partial charge in [-0.25, -0.2) is 0 Å². The minimum absolute atomic E-state index is 0.0472. The molecule has 6 heteroatoms. The number of furan rings is 1. The van der Waals surface area contributed by atoms with E-state index in [1.54, 1.807) is 17.4 Å². The van der Waals surface area contributed by atoms with Gasteiger partial charge in [-0.05, 0) is 19.1 Å². The van der Waals surface area contributed by atoms with Crippen LogP contribution in [0.1, 0.15) is 18.2 Å². The lowest BCUT2D eigenvalue weighted by Gasteiger charge is -2.22. The fraction of sp³-hybridized carbons (Fsp3) is 0.294. The first-order chi connectivity index (χ1) is 11.2. The number of para-hydroxylation sites is 1. The number of nitrogens with zero attached hydrogens (tertiary/aromatic N) is 3. The van der Waals surface area contributed by atoms with Crippen LogP contribution in [0.25, 0.3) is 11.0 Å². The van der Waals surface area contributed by atoms with E-state index in [0.717, 1.165) is 28.8 Å². The normalized spacial score (nSPS) is 11.0. The van der Waals surface area contributed by atoms with E-state index in [1.165, 1.54) is 0 Å². The van der Waals surface area contributed by atoms with Crippen molar-refractivity contribution < 1.29 is 9.21 Å². The third-order valence-corrected chi connectivity index (χ3v) is 4.07. The Labute approximate surface area is 139 Å². The number of carbonyl (C=O) groups is 1. The molecule has 1 amide bonds. The summed E-state index contributed by atoms with van der Waals surface area (Å²) in [4.78, 5) is 14.0. The highest BCUT2D eigenvalue weighted by Gasteiger charge is 2.17. The van der Waals surface area contributed by atoms with Crippen LogP contribution in [0.2, 0.25) is 0 Å². The molecular weight excluding hydrogens is 314 g/mol. The molecule has 23 heavy (non-hydrogen) atoms. The molecule has 0 aliphatic heterocycles. The molecule has 0 fully saturated rings. The first-order valence-corrected chi connectivity index (χ1v) is 8.06. The molecule has 2 heterocycles. The van der Waals surface area contributed by atoms with Gasteiger partial charge in [0.05, 0.1) is 18.5 Å². The zero-order valence-corrected chi connectivity index (χ0v) is 13.7. The standard InChI is InChI=1S/C17H18ClN3O2/c1-2-21-15(6-8-19-21)12-20(16(22)10-18)11-14-5-3-4-13-7-9-23-17(13)14/h3-9H,2,10-12H2,1H3. The van der Waals surface area contributed by atoms with Gasteiger partial charge in [-0.1, -0.05) is 18.2 Å². The van der Waals surface area contributed by atoms with Crippen LogP contribution in [0.5, 0.6) is 0 Å². The Balaban J connectivity index is 1.88. The lowest BCUT2D eigenvalue weighted by molar-refractivity contribution is -0.129. The number of amides is 1. The van der Waals surface area contributed by atoms with Crippen molar-refractivity contribution in [1.29, 1.82) is 0 Å². The number of benzene rings is 1. The van der Waals surface area contributed by atoms with E-state index in [2.05, 4.69) is 5.10 Å². The van der Waals surface area contributed by atoms with Crippen LogP contribution < -0.4 is 0 Å². The fourth-order valence-electron chi connectivity index (χ4n) is 2.68. The van der Waals surface area contributed by atoms with Crippen LogP contribution in [0.3, 0.4) is 0 Å². The number of fused-ring (bicyclic) bond motifs is 1. The van der Waals surface area contributed by atoms with Crippen molar-refractivity contribution in [2.45, 2.75) is 26.6 Å². The van der Waals surface area contributed by atoms with Gasteiger partial charge < -0.3 is 9.32 Å². The van der Waals surface area contributed by atoms with Crippen LogP contribution >= 0.6 is 11.6 Å². The average Bonchev–Trinajstić information content (AvgIpc) is 3.22. The van der Waals surface area contributed by atoms with E-state index in [-0.39, 0.29) is 11.8 Å². The highest BCUT2D eigenvalue weighted by Crippen LogP contribution is 2.22. The molecule has 3 aromatic rings. The molecule has 0 spiro atoms. The van der Waals surface area contributed by atoms with Gasteiger partial charge in [0.2, 0.25) is 5.91 Å².